The van der Waals surface area contributed by atoms with E-state index < -0.39 is 0 Å². The fourth-order valence-corrected chi connectivity index (χ4v) is 3.65. The van der Waals surface area contributed by atoms with Gasteiger partial charge in [0.2, 0.25) is 5.91 Å². The van der Waals surface area contributed by atoms with Gasteiger partial charge < -0.3 is 5.32 Å². The molecule has 1 amide bonds. The van der Waals surface area contributed by atoms with Crippen LogP contribution in [0.25, 0.3) is 0 Å². The second-order valence-electron chi connectivity index (χ2n) is 7.17. The van der Waals surface area contributed by atoms with Crippen molar-refractivity contribution in [2.75, 3.05) is 0 Å². The molecule has 0 saturated heterocycles. The highest BCUT2D eigenvalue weighted by molar-refractivity contribution is 5.76. The van der Waals surface area contributed by atoms with Gasteiger partial charge in [-0.25, -0.2) is 0 Å². The van der Waals surface area contributed by atoms with E-state index in [4.69, 9.17) is 0 Å². The van der Waals surface area contributed by atoms with Crippen LogP contribution in [0.5, 0.6) is 0 Å². The Hall–Kier alpha value is -1.32. The predicted octanol–water partition coefficient (Wildman–Crippen LogP) is 2.70. The number of hydrogen-bond acceptors (Lipinski definition) is 2. The standard InChI is InChI=1S/C17H27N3O/c1-12-3-6-15(7-4-12)18-17(21)11-20-10-14-9-13(2)5-8-16(14)19-20/h10,12-13,15H,3-9,11H2,1-2H3,(H,18,21). The molecule has 1 fully saturated rings. The monoisotopic (exact) mass is 289 g/mol. The quantitative estimate of drug-likeness (QED) is 0.930. The van der Waals surface area contributed by atoms with E-state index in [1.54, 1.807) is 0 Å². The van der Waals surface area contributed by atoms with E-state index in [0.29, 0.717) is 12.6 Å². The molecular formula is C17H27N3O. The molecule has 1 aromatic heterocycles. The van der Waals surface area contributed by atoms with E-state index in [1.165, 1.54) is 30.5 Å². The zero-order valence-corrected chi connectivity index (χ0v) is 13.3. The molecule has 1 aromatic rings. The minimum absolute atomic E-state index is 0.113. The third-order valence-electron chi connectivity index (χ3n) is 5.05. The van der Waals surface area contributed by atoms with Crippen LogP contribution in [0.3, 0.4) is 0 Å². The topological polar surface area (TPSA) is 46.9 Å². The molecule has 0 radical (unpaired) electrons. The summed E-state index contributed by atoms with van der Waals surface area (Å²) in [6.07, 6.45) is 10.2. The fourth-order valence-electron chi connectivity index (χ4n) is 3.65. The van der Waals surface area contributed by atoms with E-state index in [2.05, 4.69) is 30.5 Å². The van der Waals surface area contributed by atoms with Crippen LogP contribution in [0.4, 0.5) is 0 Å². The van der Waals surface area contributed by atoms with Gasteiger partial charge in [0.05, 0.1) is 5.69 Å². The van der Waals surface area contributed by atoms with Gasteiger partial charge in [-0.2, -0.15) is 5.10 Å². The molecule has 1 saturated carbocycles. The molecular weight excluding hydrogens is 262 g/mol. The number of fused-ring (bicyclic) bond motifs is 1. The lowest BCUT2D eigenvalue weighted by Crippen LogP contribution is -2.39. The molecule has 0 spiro atoms. The van der Waals surface area contributed by atoms with E-state index >= 15 is 0 Å². The smallest absolute Gasteiger partial charge is 0.241 e. The Balaban J connectivity index is 1.53. The fraction of sp³-hybridized carbons (Fsp3) is 0.765. The summed E-state index contributed by atoms with van der Waals surface area (Å²) in [4.78, 5) is 12.2. The van der Waals surface area contributed by atoms with Crippen molar-refractivity contribution < 1.29 is 4.79 Å². The summed E-state index contributed by atoms with van der Waals surface area (Å²) in [6.45, 7) is 4.96. The first kappa shape index (κ1) is 14.6. The maximum atomic E-state index is 12.2. The van der Waals surface area contributed by atoms with Crippen molar-refractivity contribution in [2.24, 2.45) is 11.8 Å². The highest BCUT2D eigenvalue weighted by Gasteiger charge is 2.21. The molecule has 0 aliphatic heterocycles. The Morgan fingerprint density at radius 1 is 1.24 bits per heavy atom. The molecule has 2 aliphatic carbocycles. The Labute approximate surface area is 127 Å². The summed E-state index contributed by atoms with van der Waals surface area (Å²) in [5.74, 6) is 1.67. The largest absolute Gasteiger partial charge is 0.352 e. The van der Waals surface area contributed by atoms with Gasteiger partial charge in [-0.1, -0.05) is 13.8 Å². The number of nitrogens with zero attached hydrogens (tertiary/aromatic N) is 2. The average molecular weight is 289 g/mol. The number of amides is 1. The minimum Gasteiger partial charge on any atom is -0.352 e. The van der Waals surface area contributed by atoms with Crippen molar-refractivity contribution in [3.63, 3.8) is 0 Å². The van der Waals surface area contributed by atoms with E-state index in [1.807, 2.05) is 4.68 Å². The first-order valence-electron chi connectivity index (χ1n) is 8.44. The second kappa shape index (κ2) is 6.20. The Bertz CT molecular complexity index is 500. The number of carbonyl (C=O) groups excluding carboxylic acids is 1. The van der Waals surface area contributed by atoms with Crippen molar-refractivity contribution >= 4 is 5.91 Å². The summed E-state index contributed by atoms with van der Waals surface area (Å²) >= 11 is 0. The molecule has 4 nitrogen and oxygen atoms in total. The Morgan fingerprint density at radius 3 is 2.76 bits per heavy atom. The summed E-state index contributed by atoms with van der Waals surface area (Å²) in [7, 11) is 0. The Kier molecular flexibility index (Phi) is 4.32. The van der Waals surface area contributed by atoms with E-state index in [9.17, 15) is 4.79 Å². The minimum atomic E-state index is 0.113. The molecule has 1 N–H and O–H groups in total. The van der Waals surface area contributed by atoms with Crippen LogP contribution >= 0.6 is 0 Å². The third-order valence-corrected chi connectivity index (χ3v) is 5.05. The number of rotatable bonds is 3. The zero-order valence-electron chi connectivity index (χ0n) is 13.3. The second-order valence-corrected chi connectivity index (χ2v) is 7.17. The zero-order chi connectivity index (χ0) is 14.8. The molecule has 1 atom stereocenters. The van der Waals surface area contributed by atoms with Crippen LogP contribution in [0.15, 0.2) is 6.20 Å². The van der Waals surface area contributed by atoms with Gasteiger partial charge in [0.15, 0.2) is 0 Å². The molecule has 1 heterocycles. The van der Waals surface area contributed by atoms with Gasteiger partial charge in [-0.3, -0.25) is 9.48 Å². The van der Waals surface area contributed by atoms with Gasteiger partial charge in [0.1, 0.15) is 6.54 Å². The van der Waals surface area contributed by atoms with Crippen molar-refractivity contribution in [3.8, 4) is 0 Å². The van der Waals surface area contributed by atoms with Crippen LogP contribution < -0.4 is 5.32 Å². The molecule has 0 aromatic carbocycles. The number of carbonyl (C=O) groups is 1. The molecule has 0 bridgehead atoms. The van der Waals surface area contributed by atoms with Gasteiger partial charge >= 0.3 is 0 Å². The van der Waals surface area contributed by atoms with Crippen LogP contribution in [-0.2, 0) is 24.2 Å². The average Bonchev–Trinajstić information content (AvgIpc) is 2.82. The van der Waals surface area contributed by atoms with Gasteiger partial charge in [-0.05, 0) is 62.3 Å². The van der Waals surface area contributed by atoms with Crippen LogP contribution in [-0.4, -0.2) is 21.7 Å². The lowest BCUT2D eigenvalue weighted by Gasteiger charge is -2.26. The molecule has 3 rings (SSSR count). The van der Waals surface area contributed by atoms with Crippen molar-refractivity contribution in [2.45, 2.75) is 71.4 Å². The SMILES string of the molecule is CC1CCC(NC(=O)Cn2cc3c(n2)CCC(C)C3)CC1. The number of hydrogen-bond donors (Lipinski definition) is 1. The lowest BCUT2D eigenvalue weighted by atomic mass is 9.87. The molecule has 21 heavy (non-hydrogen) atoms. The van der Waals surface area contributed by atoms with Crippen molar-refractivity contribution in [1.29, 1.82) is 0 Å². The number of aromatic nitrogens is 2. The Morgan fingerprint density at radius 2 is 2.00 bits per heavy atom. The highest BCUT2D eigenvalue weighted by Crippen LogP contribution is 2.24. The molecule has 1 unspecified atom stereocenters. The number of nitrogens with one attached hydrogen (secondary N) is 1. The van der Waals surface area contributed by atoms with E-state index in [-0.39, 0.29) is 5.91 Å². The highest BCUT2D eigenvalue weighted by atomic mass is 16.2. The van der Waals surface area contributed by atoms with Crippen molar-refractivity contribution in [1.82, 2.24) is 15.1 Å². The van der Waals surface area contributed by atoms with Crippen LogP contribution in [0.2, 0.25) is 0 Å². The van der Waals surface area contributed by atoms with Gasteiger partial charge in [-0.15, -0.1) is 0 Å². The molecule has 116 valence electrons. The van der Waals surface area contributed by atoms with Gasteiger partial charge in [0.25, 0.3) is 0 Å². The first-order valence-corrected chi connectivity index (χ1v) is 8.44. The van der Waals surface area contributed by atoms with Crippen LogP contribution in [0.1, 0.15) is 57.2 Å². The maximum Gasteiger partial charge on any atom is 0.241 e. The first-order chi connectivity index (χ1) is 10.1. The van der Waals surface area contributed by atoms with E-state index in [0.717, 1.165) is 37.5 Å². The van der Waals surface area contributed by atoms with Crippen LogP contribution in [0, 0.1) is 11.8 Å². The summed E-state index contributed by atoms with van der Waals surface area (Å²) < 4.78 is 1.84. The third kappa shape index (κ3) is 3.66. The van der Waals surface area contributed by atoms with Crippen molar-refractivity contribution in [3.05, 3.63) is 17.5 Å². The predicted molar refractivity (Wildman–Crippen MR) is 83.0 cm³/mol. The molecule has 4 heteroatoms. The summed E-state index contributed by atoms with van der Waals surface area (Å²) in [5, 5.41) is 7.76. The van der Waals surface area contributed by atoms with Gasteiger partial charge in [0, 0.05) is 12.2 Å². The normalized spacial score (nSPS) is 29.0. The molecule has 2 aliphatic rings. The summed E-state index contributed by atoms with van der Waals surface area (Å²) in [5.41, 5.74) is 2.54. The lowest BCUT2D eigenvalue weighted by molar-refractivity contribution is -0.122. The number of aryl methyl sites for hydroxylation is 1. The maximum absolute atomic E-state index is 12.2. The summed E-state index contributed by atoms with van der Waals surface area (Å²) in [6, 6.07) is 0.374.